The lowest BCUT2D eigenvalue weighted by Crippen LogP contribution is -2.23. The van der Waals surface area contributed by atoms with E-state index in [0.717, 1.165) is 0 Å². The van der Waals surface area contributed by atoms with Gasteiger partial charge in [-0.05, 0) is 22.3 Å². The molecule has 0 aromatic heterocycles. The van der Waals surface area contributed by atoms with Crippen molar-refractivity contribution in [2.75, 3.05) is 0 Å². The van der Waals surface area contributed by atoms with Gasteiger partial charge in [-0.15, -0.1) is 0 Å². The van der Waals surface area contributed by atoms with E-state index in [1.54, 1.807) is 0 Å². The van der Waals surface area contributed by atoms with E-state index in [2.05, 4.69) is 121 Å². The third kappa shape index (κ3) is 3.23. The smallest absolute Gasteiger partial charge is 0.0673 e. The summed E-state index contributed by atoms with van der Waals surface area (Å²) in [7, 11) is 3.84. The van der Waals surface area contributed by atoms with Crippen molar-refractivity contribution < 1.29 is 0 Å². The molecule has 4 aromatic rings. The van der Waals surface area contributed by atoms with Crippen LogP contribution in [0, 0.1) is 0 Å². The van der Waals surface area contributed by atoms with Crippen LogP contribution in [0.15, 0.2) is 121 Å². The summed E-state index contributed by atoms with van der Waals surface area (Å²) < 4.78 is -0.264. The van der Waals surface area contributed by atoms with Crippen LogP contribution < -0.4 is 0 Å². The molecule has 5 rings (SSSR count). The summed E-state index contributed by atoms with van der Waals surface area (Å²) in [5.41, 5.74) is 6.55. The van der Waals surface area contributed by atoms with E-state index in [4.69, 9.17) is 0 Å². The fourth-order valence-corrected chi connectivity index (χ4v) is 7.58. The summed E-state index contributed by atoms with van der Waals surface area (Å²) in [6.07, 6.45) is 0. The van der Waals surface area contributed by atoms with E-state index in [0.29, 0.717) is 0 Å². The van der Waals surface area contributed by atoms with Crippen LogP contribution in [-0.4, -0.2) is 0 Å². The van der Waals surface area contributed by atoms with Crippen LogP contribution in [0.3, 0.4) is 0 Å². The predicted octanol–water partition coefficient (Wildman–Crippen LogP) is 7.89. The Kier molecular flexibility index (Phi) is 5.05. The zero-order valence-corrected chi connectivity index (χ0v) is 17.5. The van der Waals surface area contributed by atoms with Gasteiger partial charge in [0.2, 0.25) is 0 Å². The van der Waals surface area contributed by atoms with Gasteiger partial charge in [0.1, 0.15) is 4.75 Å². The maximum absolute atomic E-state index is 2.26. The van der Waals surface area contributed by atoms with E-state index in [9.17, 15) is 0 Å². The molecule has 0 atom stereocenters. The molecule has 0 saturated carbocycles. The van der Waals surface area contributed by atoms with E-state index in [1.807, 2.05) is 21.6 Å². The lowest BCUT2D eigenvalue weighted by atomic mass is 9.79. The Morgan fingerprint density at radius 1 is 0.448 bits per heavy atom. The molecule has 0 fully saturated rings. The Labute approximate surface area is 180 Å². The molecule has 29 heavy (non-hydrogen) atoms. The molecule has 0 bridgehead atoms. The van der Waals surface area contributed by atoms with Gasteiger partial charge in [0, 0.05) is 10.5 Å². The van der Waals surface area contributed by atoms with Gasteiger partial charge in [0.05, 0.1) is 0 Å². The van der Waals surface area contributed by atoms with Crippen molar-refractivity contribution >= 4 is 32.1 Å². The number of hydrogen-bond donors (Lipinski definition) is 0. The molecule has 140 valence electrons. The maximum Gasteiger partial charge on any atom is 0.103 e. The standard InChI is InChI=1S/C27H20S2/c1-5-13-21(14-6-1)25-26(22-15-7-2-8-16-22)28-29-27(25,23-17-9-3-10-18-23)24-19-11-4-12-20-24/h1-20H. The number of benzene rings is 4. The van der Waals surface area contributed by atoms with Crippen LogP contribution in [0.1, 0.15) is 22.3 Å². The first kappa shape index (κ1) is 18.4. The molecule has 0 saturated heterocycles. The largest absolute Gasteiger partial charge is 0.103 e. The van der Waals surface area contributed by atoms with Crippen molar-refractivity contribution in [2.24, 2.45) is 0 Å². The van der Waals surface area contributed by atoms with Crippen molar-refractivity contribution in [3.63, 3.8) is 0 Å². The van der Waals surface area contributed by atoms with Crippen LogP contribution in [0.25, 0.3) is 10.5 Å². The van der Waals surface area contributed by atoms with E-state index < -0.39 is 0 Å². The van der Waals surface area contributed by atoms with Crippen molar-refractivity contribution in [1.29, 1.82) is 0 Å². The predicted molar refractivity (Wildman–Crippen MR) is 129 cm³/mol. The molecular formula is C27H20S2. The van der Waals surface area contributed by atoms with Crippen molar-refractivity contribution in [3.05, 3.63) is 144 Å². The van der Waals surface area contributed by atoms with Crippen LogP contribution in [0.4, 0.5) is 0 Å². The molecule has 0 N–H and O–H groups in total. The molecule has 0 nitrogen and oxygen atoms in total. The fourth-order valence-electron chi connectivity index (χ4n) is 3.97. The van der Waals surface area contributed by atoms with Gasteiger partial charge < -0.3 is 0 Å². The summed E-state index contributed by atoms with van der Waals surface area (Å²) in [4.78, 5) is 1.34. The average Bonchev–Trinajstić information content (AvgIpc) is 3.23. The molecule has 2 heteroatoms. The van der Waals surface area contributed by atoms with Crippen molar-refractivity contribution in [2.45, 2.75) is 4.75 Å². The van der Waals surface area contributed by atoms with Gasteiger partial charge in [-0.1, -0.05) is 143 Å². The summed E-state index contributed by atoms with van der Waals surface area (Å²) in [6, 6.07) is 43.5. The topological polar surface area (TPSA) is 0 Å². The van der Waals surface area contributed by atoms with Crippen LogP contribution in [-0.2, 0) is 4.75 Å². The monoisotopic (exact) mass is 408 g/mol. The molecule has 0 unspecified atom stereocenters. The SMILES string of the molecule is c1ccc(C2=C(c3ccccc3)C(c3ccccc3)(c3ccccc3)SS2)cc1. The first-order chi connectivity index (χ1) is 14.4. The maximum atomic E-state index is 2.26. The lowest BCUT2D eigenvalue weighted by molar-refractivity contribution is 0.975. The van der Waals surface area contributed by atoms with Gasteiger partial charge in [0.25, 0.3) is 0 Å². The Balaban J connectivity index is 1.86. The van der Waals surface area contributed by atoms with Crippen LogP contribution in [0.5, 0.6) is 0 Å². The van der Waals surface area contributed by atoms with E-state index in [-0.39, 0.29) is 4.75 Å². The normalized spacial score (nSPS) is 15.4. The van der Waals surface area contributed by atoms with Gasteiger partial charge in [0.15, 0.2) is 0 Å². The molecule has 1 aliphatic heterocycles. The Morgan fingerprint density at radius 3 is 1.34 bits per heavy atom. The quantitative estimate of drug-likeness (QED) is 0.315. The molecule has 1 heterocycles. The minimum absolute atomic E-state index is 0.264. The minimum Gasteiger partial charge on any atom is -0.0673 e. The molecule has 0 amide bonds. The van der Waals surface area contributed by atoms with Crippen molar-refractivity contribution in [3.8, 4) is 0 Å². The molecule has 0 aliphatic carbocycles. The highest BCUT2D eigenvalue weighted by Gasteiger charge is 2.46. The first-order valence-electron chi connectivity index (χ1n) is 9.72. The zero-order valence-electron chi connectivity index (χ0n) is 15.9. The summed E-state index contributed by atoms with van der Waals surface area (Å²) >= 11 is 0. The molecule has 0 spiro atoms. The average molecular weight is 409 g/mol. The number of rotatable bonds is 4. The van der Waals surface area contributed by atoms with Crippen molar-refractivity contribution in [1.82, 2.24) is 0 Å². The molecule has 0 radical (unpaired) electrons. The molecular weight excluding hydrogens is 388 g/mol. The molecule has 4 aromatic carbocycles. The van der Waals surface area contributed by atoms with Crippen LogP contribution in [0.2, 0.25) is 0 Å². The highest BCUT2D eigenvalue weighted by Crippen LogP contribution is 2.67. The molecule has 1 aliphatic rings. The third-order valence-corrected chi connectivity index (χ3v) is 8.40. The zero-order chi connectivity index (χ0) is 19.5. The number of hydrogen-bond acceptors (Lipinski definition) is 2. The van der Waals surface area contributed by atoms with Gasteiger partial charge in [-0.2, -0.15) is 0 Å². The highest BCUT2D eigenvalue weighted by atomic mass is 33.1. The van der Waals surface area contributed by atoms with E-state index in [1.165, 1.54) is 32.7 Å². The van der Waals surface area contributed by atoms with Gasteiger partial charge in [-0.3, -0.25) is 0 Å². The van der Waals surface area contributed by atoms with Gasteiger partial charge in [-0.25, -0.2) is 0 Å². The Bertz CT molecular complexity index is 1080. The second-order valence-electron chi connectivity index (χ2n) is 7.02. The first-order valence-corrected chi connectivity index (χ1v) is 11.9. The summed E-state index contributed by atoms with van der Waals surface area (Å²) in [5.74, 6) is 0. The third-order valence-electron chi connectivity index (χ3n) is 5.29. The van der Waals surface area contributed by atoms with Gasteiger partial charge >= 0.3 is 0 Å². The minimum atomic E-state index is -0.264. The Morgan fingerprint density at radius 2 is 0.862 bits per heavy atom. The highest BCUT2D eigenvalue weighted by molar-refractivity contribution is 8.81. The second kappa shape index (κ2) is 7.98. The second-order valence-corrected chi connectivity index (χ2v) is 9.37. The Hall–Kier alpha value is -2.68. The summed E-state index contributed by atoms with van der Waals surface area (Å²) in [5, 5.41) is 0. The van der Waals surface area contributed by atoms with Crippen LogP contribution >= 0.6 is 21.6 Å². The summed E-state index contributed by atoms with van der Waals surface area (Å²) in [6.45, 7) is 0. The fraction of sp³-hybridized carbons (Fsp3) is 0.0370. The van der Waals surface area contributed by atoms with E-state index >= 15 is 0 Å². The lowest BCUT2D eigenvalue weighted by Gasteiger charge is -2.32.